The Balaban J connectivity index is 1.93. The van der Waals surface area contributed by atoms with Crippen molar-refractivity contribution < 1.29 is 10.2 Å². The van der Waals surface area contributed by atoms with Gasteiger partial charge in [-0.15, -0.1) is 0 Å². The molecule has 2 fully saturated rings. The Kier molecular flexibility index (Phi) is 2.81. The lowest BCUT2D eigenvalue weighted by Gasteiger charge is -2.39. The fourth-order valence-corrected chi connectivity index (χ4v) is 2.94. The molecule has 0 bridgehead atoms. The molecule has 3 rings (SSSR count). The molecule has 2 atom stereocenters. The second-order valence-corrected chi connectivity index (χ2v) is 5.18. The smallest absolute Gasteiger partial charge is 0.120 e. The number of hydrogen-bond acceptors (Lipinski definition) is 3. The number of aliphatic hydroxyl groups is 1. The molecule has 92 valence electrons. The van der Waals surface area contributed by atoms with E-state index < -0.39 is 0 Å². The molecule has 1 saturated heterocycles. The van der Waals surface area contributed by atoms with Crippen LogP contribution in [0.1, 0.15) is 37.3 Å². The maximum atomic E-state index is 10.2. The molecule has 1 aliphatic heterocycles. The van der Waals surface area contributed by atoms with Gasteiger partial charge < -0.3 is 10.2 Å². The van der Waals surface area contributed by atoms with E-state index in [0.29, 0.717) is 11.8 Å². The van der Waals surface area contributed by atoms with Crippen molar-refractivity contribution in [1.82, 2.24) is 4.90 Å². The normalized spacial score (nSPS) is 30.4. The molecular formula is C14H19NO2. The van der Waals surface area contributed by atoms with Crippen LogP contribution in [-0.4, -0.2) is 33.8 Å². The SMILES string of the molecule is Oc1ccccc1C1C(O)CCCN1C1CC1. The first-order chi connectivity index (χ1) is 8.27. The first kappa shape index (κ1) is 11.1. The molecule has 1 heterocycles. The molecule has 3 heteroatoms. The molecule has 0 radical (unpaired) electrons. The Bertz CT molecular complexity index is 403. The molecule has 0 aromatic heterocycles. The third kappa shape index (κ3) is 2.05. The van der Waals surface area contributed by atoms with E-state index in [1.165, 1.54) is 12.8 Å². The predicted molar refractivity (Wildman–Crippen MR) is 65.8 cm³/mol. The second-order valence-electron chi connectivity index (χ2n) is 5.18. The number of piperidine rings is 1. The van der Waals surface area contributed by atoms with E-state index in [1.807, 2.05) is 18.2 Å². The van der Waals surface area contributed by atoms with Crippen molar-refractivity contribution in [2.24, 2.45) is 0 Å². The number of aromatic hydroxyl groups is 1. The van der Waals surface area contributed by atoms with E-state index in [-0.39, 0.29) is 12.1 Å². The molecule has 2 N–H and O–H groups in total. The zero-order chi connectivity index (χ0) is 11.8. The van der Waals surface area contributed by atoms with Gasteiger partial charge in [-0.3, -0.25) is 4.90 Å². The van der Waals surface area contributed by atoms with E-state index in [0.717, 1.165) is 24.9 Å². The van der Waals surface area contributed by atoms with Crippen molar-refractivity contribution in [3.05, 3.63) is 29.8 Å². The van der Waals surface area contributed by atoms with Gasteiger partial charge in [0.1, 0.15) is 5.75 Å². The maximum Gasteiger partial charge on any atom is 0.120 e. The topological polar surface area (TPSA) is 43.7 Å². The summed E-state index contributed by atoms with van der Waals surface area (Å²) in [5.41, 5.74) is 0.881. The van der Waals surface area contributed by atoms with Crippen LogP contribution < -0.4 is 0 Å². The lowest BCUT2D eigenvalue weighted by atomic mass is 9.91. The number of likely N-dealkylation sites (tertiary alicyclic amines) is 1. The van der Waals surface area contributed by atoms with Gasteiger partial charge in [-0.2, -0.15) is 0 Å². The van der Waals surface area contributed by atoms with Gasteiger partial charge in [0, 0.05) is 11.6 Å². The highest BCUT2D eigenvalue weighted by molar-refractivity contribution is 5.35. The molecule has 1 saturated carbocycles. The summed E-state index contributed by atoms with van der Waals surface area (Å²) in [5.74, 6) is 0.309. The van der Waals surface area contributed by atoms with E-state index in [1.54, 1.807) is 6.07 Å². The zero-order valence-electron chi connectivity index (χ0n) is 9.92. The molecule has 1 aromatic rings. The summed E-state index contributed by atoms with van der Waals surface area (Å²) in [7, 11) is 0. The van der Waals surface area contributed by atoms with E-state index in [4.69, 9.17) is 0 Å². The number of para-hydroxylation sites is 1. The molecular weight excluding hydrogens is 214 g/mol. The quantitative estimate of drug-likeness (QED) is 0.821. The first-order valence-electron chi connectivity index (χ1n) is 6.49. The van der Waals surface area contributed by atoms with Crippen LogP contribution in [0.4, 0.5) is 0 Å². The lowest BCUT2D eigenvalue weighted by Crippen LogP contribution is -2.42. The average molecular weight is 233 g/mol. The number of phenolic OH excluding ortho intramolecular Hbond substituents is 1. The van der Waals surface area contributed by atoms with Crippen molar-refractivity contribution in [2.75, 3.05) is 6.54 Å². The van der Waals surface area contributed by atoms with Crippen LogP contribution in [0.3, 0.4) is 0 Å². The minimum atomic E-state index is -0.349. The van der Waals surface area contributed by atoms with Gasteiger partial charge in [-0.25, -0.2) is 0 Å². The molecule has 0 amide bonds. The molecule has 0 spiro atoms. The molecule has 3 nitrogen and oxygen atoms in total. The lowest BCUT2D eigenvalue weighted by molar-refractivity contribution is 0.00396. The Hall–Kier alpha value is -1.06. The van der Waals surface area contributed by atoms with Gasteiger partial charge in [0.25, 0.3) is 0 Å². The fourth-order valence-electron chi connectivity index (χ4n) is 2.94. The minimum absolute atomic E-state index is 0.0163. The zero-order valence-corrected chi connectivity index (χ0v) is 9.92. The van der Waals surface area contributed by atoms with Gasteiger partial charge in [-0.1, -0.05) is 18.2 Å². The van der Waals surface area contributed by atoms with Gasteiger partial charge in [0.15, 0.2) is 0 Å². The third-order valence-electron chi connectivity index (χ3n) is 3.91. The standard InChI is InChI=1S/C14H19NO2/c16-12-5-2-1-4-11(12)14-13(17)6-3-9-15(14)10-7-8-10/h1-2,4-5,10,13-14,16-17H,3,6-9H2. The maximum absolute atomic E-state index is 10.2. The minimum Gasteiger partial charge on any atom is -0.508 e. The monoisotopic (exact) mass is 233 g/mol. The van der Waals surface area contributed by atoms with Crippen molar-refractivity contribution in [2.45, 2.75) is 43.9 Å². The highest BCUT2D eigenvalue weighted by Crippen LogP contribution is 2.42. The fraction of sp³-hybridized carbons (Fsp3) is 0.571. The summed E-state index contributed by atoms with van der Waals surface area (Å²) in [5, 5.41) is 20.2. The van der Waals surface area contributed by atoms with Crippen LogP contribution in [0.25, 0.3) is 0 Å². The van der Waals surface area contributed by atoms with Crippen molar-refractivity contribution in [1.29, 1.82) is 0 Å². The van der Waals surface area contributed by atoms with Gasteiger partial charge in [0.05, 0.1) is 12.1 Å². The number of nitrogens with zero attached hydrogens (tertiary/aromatic N) is 1. The Morgan fingerprint density at radius 1 is 1.12 bits per heavy atom. The van der Waals surface area contributed by atoms with Crippen LogP contribution >= 0.6 is 0 Å². The number of aliphatic hydroxyl groups excluding tert-OH is 1. The molecule has 2 unspecified atom stereocenters. The summed E-state index contributed by atoms with van der Waals surface area (Å²) in [6, 6.07) is 8.01. The van der Waals surface area contributed by atoms with Gasteiger partial charge in [-0.05, 0) is 38.3 Å². The van der Waals surface area contributed by atoms with Crippen molar-refractivity contribution in [3.8, 4) is 5.75 Å². The first-order valence-corrected chi connectivity index (χ1v) is 6.49. The largest absolute Gasteiger partial charge is 0.508 e. The second kappa shape index (κ2) is 4.31. The molecule has 2 aliphatic rings. The summed E-state index contributed by atoms with van der Waals surface area (Å²) in [4.78, 5) is 2.38. The molecule has 1 aliphatic carbocycles. The van der Waals surface area contributed by atoms with Crippen LogP contribution in [0, 0.1) is 0 Å². The number of rotatable bonds is 2. The van der Waals surface area contributed by atoms with Crippen molar-refractivity contribution >= 4 is 0 Å². The highest BCUT2D eigenvalue weighted by Gasteiger charge is 2.40. The van der Waals surface area contributed by atoms with Crippen LogP contribution in [-0.2, 0) is 0 Å². The summed E-state index contributed by atoms with van der Waals surface area (Å²) in [6.07, 6.45) is 4.01. The Morgan fingerprint density at radius 2 is 1.88 bits per heavy atom. The third-order valence-corrected chi connectivity index (χ3v) is 3.91. The van der Waals surface area contributed by atoms with Crippen LogP contribution in [0.15, 0.2) is 24.3 Å². The number of phenols is 1. The summed E-state index contributed by atoms with van der Waals surface area (Å²) in [6.45, 7) is 1.04. The van der Waals surface area contributed by atoms with E-state index >= 15 is 0 Å². The predicted octanol–water partition coefficient (Wildman–Crippen LogP) is 2.05. The molecule has 17 heavy (non-hydrogen) atoms. The summed E-state index contributed by atoms with van der Waals surface area (Å²) >= 11 is 0. The van der Waals surface area contributed by atoms with Crippen LogP contribution in [0.2, 0.25) is 0 Å². The van der Waals surface area contributed by atoms with Gasteiger partial charge in [0.2, 0.25) is 0 Å². The summed E-state index contributed by atoms with van der Waals surface area (Å²) < 4.78 is 0. The van der Waals surface area contributed by atoms with Crippen molar-refractivity contribution in [3.63, 3.8) is 0 Å². The highest BCUT2D eigenvalue weighted by atomic mass is 16.3. The Labute approximate surface area is 102 Å². The van der Waals surface area contributed by atoms with E-state index in [2.05, 4.69) is 4.90 Å². The van der Waals surface area contributed by atoms with Gasteiger partial charge >= 0.3 is 0 Å². The van der Waals surface area contributed by atoms with E-state index in [9.17, 15) is 10.2 Å². The van der Waals surface area contributed by atoms with Crippen LogP contribution in [0.5, 0.6) is 5.75 Å². The average Bonchev–Trinajstić information content (AvgIpc) is 3.14. The number of hydrogen-bond donors (Lipinski definition) is 2. The molecule has 1 aromatic carbocycles. The number of benzene rings is 1. The Morgan fingerprint density at radius 3 is 2.59 bits per heavy atom.